The maximum Gasteiger partial charge on any atom is 0.311 e. The third-order valence-electron chi connectivity index (χ3n) is 5.33. The quantitative estimate of drug-likeness (QED) is 0.767. The van der Waals surface area contributed by atoms with Crippen molar-refractivity contribution in [2.75, 3.05) is 29.5 Å². The Balaban J connectivity index is 1.34. The molecule has 6 heteroatoms. The van der Waals surface area contributed by atoms with Crippen LogP contribution in [0.3, 0.4) is 0 Å². The van der Waals surface area contributed by atoms with E-state index in [-0.39, 0.29) is 31.4 Å². The SMILES string of the molecule is Cc1ccc(N2C[C@@H](C(=O)OCC(=O)N3CCc4ccccc43)CC2=O)cc1. The zero-order valence-corrected chi connectivity index (χ0v) is 15.8. The molecule has 0 unspecified atom stereocenters. The number of esters is 1. The zero-order chi connectivity index (χ0) is 19.7. The molecule has 0 radical (unpaired) electrons. The lowest BCUT2D eigenvalue weighted by Crippen LogP contribution is -2.34. The molecule has 2 aliphatic heterocycles. The van der Waals surface area contributed by atoms with Crippen LogP contribution in [-0.2, 0) is 25.5 Å². The Labute approximate surface area is 163 Å². The summed E-state index contributed by atoms with van der Waals surface area (Å²) in [6.07, 6.45) is 0.909. The number of benzene rings is 2. The van der Waals surface area contributed by atoms with Crippen LogP contribution < -0.4 is 9.80 Å². The number of anilines is 2. The summed E-state index contributed by atoms with van der Waals surface area (Å²) in [7, 11) is 0. The molecule has 4 rings (SSSR count). The van der Waals surface area contributed by atoms with Crippen molar-refractivity contribution in [2.45, 2.75) is 19.8 Å². The number of hydrogen-bond acceptors (Lipinski definition) is 4. The van der Waals surface area contributed by atoms with Gasteiger partial charge in [-0.1, -0.05) is 35.9 Å². The monoisotopic (exact) mass is 378 g/mol. The van der Waals surface area contributed by atoms with Crippen LogP contribution in [0.15, 0.2) is 48.5 Å². The van der Waals surface area contributed by atoms with Gasteiger partial charge in [0.05, 0.1) is 5.92 Å². The number of nitrogens with zero attached hydrogens (tertiary/aromatic N) is 2. The number of ether oxygens (including phenoxy) is 1. The lowest BCUT2D eigenvalue weighted by molar-refractivity contribution is -0.151. The Morgan fingerprint density at radius 1 is 1.11 bits per heavy atom. The Morgan fingerprint density at radius 2 is 1.86 bits per heavy atom. The molecule has 28 heavy (non-hydrogen) atoms. The molecule has 2 heterocycles. The van der Waals surface area contributed by atoms with Crippen LogP contribution in [0, 0.1) is 12.8 Å². The van der Waals surface area contributed by atoms with Crippen molar-refractivity contribution in [3.05, 3.63) is 59.7 Å². The van der Waals surface area contributed by atoms with Crippen molar-refractivity contribution < 1.29 is 19.1 Å². The second kappa shape index (κ2) is 7.46. The van der Waals surface area contributed by atoms with Gasteiger partial charge in [0.15, 0.2) is 6.61 Å². The van der Waals surface area contributed by atoms with Crippen LogP contribution in [0.4, 0.5) is 11.4 Å². The molecule has 1 atom stereocenters. The minimum Gasteiger partial charge on any atom is -0.455 e. The molecule has 0 aromatic heterocycles. The lowest BCUT2D eigenvalue weighted by atomic mass is 10.1. The van der Waals surface area contributed by atoms with Gasteiger partial charge in [0.1, 0.15) is 0 Å². The molecule has 2 aliphatic rings. The van der Waals surface area contributed by atoms with Crippen LogP contribution >= 0.6 is 0 Å². The molecular formula is C22H22N2O4. The minimum atomic E-state index is -0.549. The highest BCUT2D eigenvalue weighted by Crippen LogP contribution is 2.28. The largest absolute Gasteiger partial charge is 0.455 e. The van der Waals surface area contributed by atoms with Crippen molar-refractivity contribution in [1.29, 1.82) is 0 Å². The Hall–Kier alpha value is -3.15. The summed E-state index contributed by atoms with van der Waals surface area (Å²) < 4.78 is 5.26. The zero-order valence-electron chi connectivity index (χ0n) is 15.8. The van der Waals surface area contributed by atoms with E-state index in [1.165, 1.54) is 0 Å². The van der Waals surface area contributed by atoms with Gasteiger partial charge in [-0.25, -0.2) is 0 Å². The fourth-order valence-electron chi connectivity index (χ4n) is 3.77. The summed E-state index contributed by atoms with van der Waals surface area (Å²) in [5, 5.41) is 0. The predicted molar refractivity (Wildman–Crippen MR) is 105 cm³/mol. The molecule has 1 saturated heterocycles. The second-order valence-electron chi connectivity index (χ2n) is 7.27. The van der Waals surface area contributed by atoms with Crippen molar-refractivity contribution in [3.8, 4) is 0 Å². The Kier molecular flexibility index (Phi) is 4.86. The summed E-state index contributed by atoms with van der Waals surface area (Å²) in [5.41, 5.74) is 3.88. The number of hydrogen-bond donors (Lipinski definition) is 0. The standard InChI is InChI=1S/C22H22N2O4/c1-15-6-8-18(9-7-15)24-13-17(12-20(24)25)22(27)28-14-21(26)23-11-10-16-4-2-3-5-19(16)23/h2-9,17H,10-14H2,1H3/t17-/m0/s1. The van der Waals surface area contributed by atoms with E-state index in [4.69, 9.17) is 4.74 Å². The molecule has 2 amide bonds. The van der Waals surface area contributed by atoms with Gasteiger partial charge >= 0.3 is 5.97 Å². The van der Waals surface area contributed by atoms with Gasteiger partial charge in [-0.3, -0.25) is 14.4 Å². The summed E-state index contributed by atoms with van der Waals surface area (Å²) in [4.78, 5) is 40.5. The van der Waals surface area contributed by atoms with Crippen molar-refractivity contribution in [1.82, 2.24) is 0 Å². The van der Waals surface area contributed by atoms with Gasteiger partial charge in [0, 0.05) is 30.9 Å². The van der Waals surface area contributed by atoms with Crippen LogP contribution in [0.1, 0.15) is 17.5 Å². The molecule has 0 N–H and O–H groups in total. The molecule has 0 aliphatic carbocycles. The molecule has 144 valence electrons. The highest BCUT2D eigenvalue weighted by atomic mass is 16.5. The Bertz CT molecular complexity index is 922. The van der Waals surface area contributed by atoms with Crippen molar-refractivity contribution >= 4 is 29.2 Å². The van der Waals surface area contributed by atoms with Crippen molar-refractivity contribution in [2.24, 2.45) is 5.92 Å². The minimum absolute atomic E-state index is 0.105. The molecule has 1 fully saturated rings. The van der Waals surface area contributed by atoms with Gasteiger partial charge in [-0.2, -0.15) is 0 Å². The number of carbonyl (C=O) groups is 3. The summed E-state index contributed by atoms with van der Waals surface area (Å²) in [6, 6.07) is 15.3. The summed E-state index contributed by atoms with van der Waals surface area (Å²) in [5.74, 6) is -1.39. The first kappa shape index (κ1) is 18.2. The van der Waals surface area contributed by atoms with Crippen LogP contribution in [0.5, 0.6) is 0 Å². The average molecular weight is 378 g/mol. The Morgan fingerprint density at radius 3 is 2.64 bits per heavy atom. The van der Waals surface area contributed by atoms with Gasteiger partial charge in [0.2, 0.25) is 5.91 Å². The maximum atomic E-state index is 12.5. The number of carbonyl (C=O) groups excluding carboxylic acids is 3. The van der Waals surface area contributed by atoms with Gasteiger partial charge in [-0.15, -0.1) is 0 Å². The van der Waals surface area contributed by atoms with E-state index >= 15 is 0 Å². The number of para-hydroxylation sites is 1. The molecular weight excluding hydrogens is 356 g/mol. The van der Waals surface area contributed by atoms with Crippen LogP contribution in [0.2, 0.25) is 0 Å². The fourth-order valence-corrected chi connectivity index (χ4v) is 3.77. The van der Waals surface area contributed by atoms with Crippen molar-refractivity contribution in [3.63, 3.8) is 0 Å². The topological polar surface area (TPSA) is 66.9 Å². The van der Waals surface area contributed by atoms with Crippen LogP contribution in [-0.4, -0.2) is 37.5 Å². The number of rotatable bonds is 4. The fraction of sp³-hybridized carbons (Fsp3) is 0.318. The molecule has 0 saturated carbocycles. The van der Waals surface area contributed by atoms with Gasteiger partial charge in [0.25, 0.3) is 5.91 Å². The second-order valence-corrected chi connectivity index (χ2v) is 7.27. The number of aryl methyl sites for hydroxylation is 1. The third kappa shape index (κ3) is 3.50. The van der Waals surface area contributed by atoms with E-state index in [1.54, 1.807) is 9.80 Å². The van der Waals surface area contributed by atoms with E-state index in [0.717, 1.165) is 28.9 Å². The van der Waals surface area contributed by atoms with Gasteiger partial charge < -0.3 is 14.5 Å². The predicted octanol–water partition coefficient (Wildman–Crippen LogP) is 2.48. The first-order chi connectivity index (χ1) is 13.5. The average Bonchev–Trinajstić information content (AvgIpc) is 3.30. The summed E-state index contributed by atoms with van der Waals surface area (Å²) >= 11 is 0. The number of amides is 2. The first-order valence-corrected chi connectivity index (χ1v) is 9.45. The highest BCUT2D eigenvalue weighted by molar-refractivity contribution is 6.00. The molecule has 0 spiro atoms. The number of fused-ring (bicyclic) bond motifs is 1. The smallest absolute Gasteiger partial charge is 0.311 e. The maximum absolute atomic E-state index is 12.5. The van der Waals surface area contributed by atoms with Crippen LogP contribution in [0.25, 0.3) is 0 Å². The molecule has 6 nitrogen and oxygen atoms in total. The lowest BCUT2D eigenvalue weighted by Gasteiger charge is -2.18. The summed E-state index contributed by atoms with van der Waals surface area (Å²) in [6.45, 7) is 2.55. The molecule has 2 aromatic rings. The van der Waals surface area contributed by atoms with Gasteiger partial charge in [-0.05, 0) is 37.1 Å². The highest BCUT2D eigenvalue weighted by Gasteiger charge is 2.36. The van der Waals surface area contributed by atoms with E-state index in [1.807, 2.05) is 55.5 Å². The normalized spacial score (nSPS) is 18.3. The van der Waals surface area contributed by atoms with E-state index in [9.17, 15) is 14.4 Å². The van der Waals surface area contributed by atoms with E-state index in [2.05, 4.69) is 0 Å². The first-order valence-electron chi connectivity index (χ1n) is 9.45. The van der Waals surface area contributed by atoms with E-state index < -0.39 is 11.9 Å². The van der Waals surface area contributed by atoms with E-state index in [0.29, 0.717) is 6.54 Å². The molecule has 0 bridgehead atoms. The third-order valence-corrected chi connectivity index (χ3v) is 5.33. The molecule has 2 aromatic carbocycles.